The first kappa shape index (κ1) is 17.8. The average Bonchev–Trinajstić information content (AvgIpc) is 2.53. The highest BCUT2D eigenvalue weighted by atomic mass is 35.5. The zero-order valence-electron chi connectivity index (χ0n) is 12.2. The maximum absolute atomic E-state index is 12.6. The van der Waals surface area contributed by atoms with Gasteiger partial charge in [0, 0.05) is 10.9 Å². The maximum atomic E-state index is 12.6. The molecule has 0 saturated carbocycles. The Labute approximate surface area is 141 Å². The third kappa shape index (κ3) is 3.69. The summed E-state index contributed by atoms with van der Waals surface area (Å²) in [6, 6.07) is 15.1. The van der Waals surface area contributed by atoms with Gasteiger partial charge in [-0.2, -0.15) is 0 Å². The Hall–Kier alpha value is -2.51. The van der Waals surface area contributed by atoms with Crippen molar-refractivity contribution in [1.82, 2.24) is 4.98 Å². The highest BCUT2D eigenvalue weighted by Gasteiger charge is 2.32. The molecule has 0 amide bonds. The highest BCUT2D eigenvalue weighted by molar-refractivity contribution is 5.96. The summed E-state index contributed by atoms with van der Waals surface area (Å²) in [6.45, 7) is 0. The van der Waals surface area contributed by atoms with Crippen LogP contribution < -0.4 is 16.0 Å². The lowest BCUT2D eigenvalue weighted by molar-refractivity contribution is -0.274. The molecule has 0 atom stereocenters. The number of alkyl halides is 3. The number of nitrogens with two attached hydrogens (primary N) is 1. The Morgan fingerprint density at radius 2 is 1.71 bits per heavy atom. The topological polar surface area (TPSA) is 60.2 Å². The minimum absolute atomic E-state index is 0. The number of nitrogens with zero attached hydrogens (tertiary/aromatic N) is 1. The number of para-hydroxylation sites is 1. The summed E-state index contributed by atoms with van der Waals surface area (Å²) in [7, 11) is 0. The van der Waals surface area contributed by atoms with Crippen molar-refractivity contribution < 1.29 is 17.9 Å². The lowest BCUT2D eigenvalue weighted by Crippen LogP contribution is -2.17. The molecule has 0 fully saturated rings. The summed E-state index contributed by atoms with van der Waals surface area (Å²) < 4.78 is 41.8. The standard InChI is InChI=1S/C16H12F3N3O.ClH/c17-16(18,19)23-14-8-4-7-11-13(22-20)9-12(21-15(11)14)10-5-2-1-3-6-10;/h1-9H,20H2,(H,21,22);1H. The fraction of sp³-hybridized carbons (Fsp3) is 0.0625. The van der Waals surface area contributed by atoms with Gasteiger partial charge in [0.05, 0.1) is 11.4 Å². The molecular weight excluding hydrogens is 343 g/mol. The van der Waals surface area contributed by atoms with Crippen LogP contribution in [-0.4, -0.2) is 11.3 Å². The van der Waals surface area contributed by atoms with Gasteiger partial charge in [-0.1, -0.05) is 42.5 Å². The van der Waals surface area contributed by atoms with Crippen molar-refractivity contribution in [1.29, 1.82) is 0 Å². The minimum Gasteiger partial charge on any atom is -0.403 e. The molecule has 1 heterocycles. The van der Waals surface area contributed by atoms with Crippen molar-refractivity contribution in [2.75, 3.05) is 5.43 Å². The lowest BCUT2D eigenvalue weighted by Gasteiger charge is -2.14. The molecule has 0 unspecified atom stereocenters. The third-order valence-electron chi connectivity index (χ3n) is 3.25. The van der Waals surface area contributed by atoms with Crippen LogP contribution in [-0.2, 0) is 0 Å². The van der Waals surface area contributed by atoms with Crippen molar-refractivity contribution in [3.8, 4) is 17.0 Å². The van der Waals surface area contributed by atoms with Gasteiger partial charge in [0.1, 0.15) is 5.52 Å². The van der Waals surface area contributed by atoms with Crippen LogP contribution in [0.2, 0.25) is 0 Å². The first-order chi connectivity index (χ1) is 11.0. The molecule has 0 aliphatic rings. The number of nitrogen functional groups attached to an aromatic ring is 1. The Bertz CT molecular complexity index is 841. The van der Waals surface area contributed by atoms with Gasteiger partial charge in [-0.3, -0.25) is 5.84 Å². The van der Waals surface area contributed by atoms with Gasteiger partial charge in [-0.05, 0) is 12.1 Å². The van der Waals surface area contributed by atoms with Crippen LogP contribution in [0.25, 0.3) is 22.2 Å². The molecular formula is C16H13ClF3N3O. The van der Waals surface area contributed by atoms with Crippen molar-refractivity contribution in [2.45, 2.75) is 6.36 Å². The molecule has 4 nitrogen and oxygen atoms in total. The zero-order chi connectivity index (χ0) is 16.4. The number of nitrogens with one attached hydrogen (secondary N) is 1. The Balaban J connectivity index is 0.00000208. The van der Waals surface area contributed by atoms with E-state index in [4.69, 9.17) is 5.84 Å². The van der Waals surface area contributed by atoms with Gasteiger partial charge in [0.25, 0.3) is 0 Å². The third-order valence-corrected chi connectivity index (χ3v) is 3.25. The normalized spacial score (nSPS) is 11.0. The van der Waals surface area contributed by atoms with Gasteiger partial charge in [-0.25, -0.2) is 4.98 Å². The van der Waals surface area contributed by atoms with Crippen LogP contribution in [0.15, 0.2) is 54.6 Å². The number of halogens is 4. The molecule has 126 valence electrons. The quantitative estimate of drug-likeness (QED) is 0.536. The summed E-state index contributed by atoms with van der Waals surface area (Å²) in [4.78, 5) is 4.32. The number of benzene rings is 2. The number of hydrogen-bond donors (Lipinski definition) is 2. The second-order valence-corrected chi connectivity index (χ2v) is 4.77. The fourth-order valence-corrected chi connectivity index (χ4v) is 2.31. The summed E-state index contributed by atoms with van der Waals surface area (Å²) >= 11 is 0. The maximum Gasteiger partial charge on any atom is 0.573 e. The summed E-state index contributed by atoms with van der Waals surface area (Å²) in [6.07, 6.45) is -4.80. The van der Waals surface area contributed by atoms with E-state index in [1.54, 1.807) is 12.1 Å². The van der Waals surface area contributed by atoms with Gasteiger partial charge in [0.15, 0.2) is 5.75 Å². The predicted octanol–water partition coefficient (Wildman–Crippen LogP) is 4.51. The van der Waals surface area contributed by atoms with Crippen molar-refractivity contribution in [3.05, 3.63) is 54.6 Å². The van der Waals surface area contributed by atoms with E-state index in [-0.39, 0.29) is 23.7 Å². The Kier molecular flexibility index (Phi) is 5.16. The summed E-state index contributed by atoms with van der Waals surface area (Å²) in [5, 5.41) is 0.439. The molecule has 1 aromatic heterocycles. The molecule has 2 aromatic carbocycles. The van der Waals surface area contributed by atoms with E-state index in [0.717, 1.165) is 5.56 Å². The summed E-state index contributed by atoms with van der Waals surface area (Å²) in [5.41, 5.74) is 4.28. The van der Waals surface area contributed by atoms with E-state index >= 15 is 0 Å². The van der Waals surface area contributed by atoms with Crippen LogP contribution in [0.5, 0.6) is 5.75 Å². The highest BCUT2D eigenvalue weighted by Crippen LogP contribution is 2.35. The average molecular weight is 356 g/mol. The van der Waals surface area contributed by atoms with E-state index in [1.165, 1.54) is 12.1 Å². The van der Waals surface area contributed by atoms with E-state index in [9.17, 15) is 13.2 Å². The zero-order valence-corrected chi connectivity index (χ0v) is 13.0. The van der Waals surface area contributed by atoms with Crippen molar-refractivity contribution in [3.63, 3.8) is 0 Å². The monoisotopic (exact) mass is 355 g/mol. The molecule has 24 heavy (non-hydrogen) atoms. The first-order valence-corrected chi connectivity index (χ1v) is 6.69. The SMILES string of the molecule is Cl.NNc1cc(-c2ccccc2)nc2c(OC(F)(F)F)cccc12. The van der Waals surface area contributed by atoms with Crippen molar-refractivity contribution >= 4 is 29.0 Å². The van der Waals surface area contributed by atoms with Crippen LogP contribution in [0.3, 0.4) is 0 Å². The largest absolute Gasteiger partial charge is 0.573 e. The lowest BCUT2D eigenvalue weighted by atomic mass is 10.1. The number of aromatic nitrogens is 1. The molecule has 0 spiro atoms. The van der Waals surface area contributed by atoms with Crippen LogP contribution >= 0.6 is 12.4 Å². The van der Waals surface area contributed by atoms with Gasteiger partial charge in [-0.15, -0.1) is 25.6 Å². The first-order valence-electron chi connectivity index (χ1n) is 6.69. The smallest absolute Gasteiger partial charge is 0.403 e. The molecule has 0 aliphatic carbocycles. The molecule has 0 aliphatic heterocycles. The van der Waals surface area contributed by atoms with Crippen LogP contribution in [0.4, 0.5) is 18.9 Å². The molecule has 3 aromatic rings. The molecule has 3 N–H and O–H groups in total. The number of hydrogen-bond acceptors (Lipinski definition) is 4. The number of hydrazine groups is 1. The van der Waals surface area contributed by atoms with E-state index < -0.39 is 6.36 Å². The molecule has 8 heteroatoms. The number of pyridine rings is 1. The molecule has 0 saturated heterocycles. The van der Waals surface area contributed by atoms with Gasteiger partial charge in [0.2, 0.25) is 0 Å². The van der Waals surface area contributed by atoms with Crippen LogP contribution in [0.1, 0.15) is 0 Å². The number of fused-ring (bicyclic) bond motifs is 1. The molecule has 3 rings (SSSR count). The number of ether oxygens (including phenoxy) is 1. The molecule has 0 bridgehead atoms. The minimum atomic E-state index is -4.80. The van der Waals surface area contributed by atoms with Crippen molar-refractivity contribution in [2.24, 2.45) is 5.84 Å². The summed E-state index contributed by atoms with van der Waals surface area (Å²) in [5.74, 6) is 5.13. The molecule has 0 radical (unpaired) electrons. The van der Waals surface area contributed by atoms with E-state index in [1.807, 2.05) is 30.3 Å². The van der Waals surface area contributed by atoms with Gasteiger partial charge < -0.3 is 10.2 Å². The second kappa shape index (κ2) is 6.94. The Morgan fingerprint density at radius 1 is 1.00 bits per heavy atom. The van der Waals surface area contributed by atoms with E-state index in [2.05, 4.69) is 15.1 Å². The van der Waals surface area contributed by atoms with Crippen LogP contribution in [0, 0.1) is 0 Å². The van der Waals surface area contributed by atoms with Gasteiger partial charge >= 0.3 is 6.36 Å². The number of rotatable bonds is 3. The number of anilines is 1. The van der Waals surface area contributed by atoms with E-state index in [0.29, 0.717) is 16.8 Å². The fourth-order valence-electron chi connectivity index (χ4n) is 2.31. The predicted molar refractivity (Wildman–Crippen MR) is 88.9 cm³/mol. The Morgan fingerprint density at radius 3 is 2.33 bits per heavy atom. The second-order valence-electron chi connectivity index (χ2n) is 4.77.